The topological polar surface area (TPSA) is 67.9 Å². The molecule has 1 unspecified atom stereocenters. The zero-order chi connectivity index (χ0) is 20.5. The van der Waals surface area contributed by atoms with Gasteiger partial charge in [-0.2, -0.15) is 9.57 Å². The number of benzene rings is 1. The van der Waals surface area contributed by atoms with Crippen LogP contribution in [0.5, 0.6) is 0 Å². The Morgan fingerprint density at radius 2 is 2.17 bits per heavy atom. The molecule has 0 spiro atoms. The van der Waals surface area contributed by atoms with Gasteiger partial charge in [0, 0.05) is 18.5 Å². The molecule has 5 rings (SSSR count). The van der Waals surface area contributed by atoms with Crippen LogP contribution in [-0.4, -0.2) is 36.0 Å². The van der Waals surface area contributed by atoms with E-state index in [1.165, 1.54) is 0 Å². The van der Waals surface area contributed by atoms with E-state index in [0.717, 1.165) is 29.7 Å². The monoisotopic (exact) mass is 396 g/mol. The van der Waals surface area contributed by atoms with Crippen molar-refractivity contribution < 1.29 is 9.59 Å². The van der Waals surface area contributed by atoms with Gasteiger partial charge in [0.2, 0.25) is 0 Å². The average molecular weight is 396 g/mol. The summed E-state index contributed by atoms with van der Waals surface area (Å²) in [6.45, 7) is 0.608. The number of hydrogen-bond donors (Lipinski definition) is 1. The molecule has 30 heavy (non-hydrogen) atoms. The molecule has 0 radical (unpaired) electrons. The number of carbonyl (C=O) groups is 2. The summed E-state index contributed by atoms with van der Waals surface area (Å²) >= 11 is 0. The van der Waals surface area contributed by atoms with Gasteiger partial charge in [0.05, 0.1) is 6.08 Å². The fourth-order valence-corrected chi connectivity index (χ4v) is 3.69. The lowest BCUT2D eigenvalue weighted by atomic mass is 9.88. The Labute approximate surface area is 174 Å². The highest BCUT2D eigenvalue weighted by molar-refractivity contribution is 6.30. The van der Waals surface area contributed by atoms with Crippen molar-refractivity contribution in [2.24, 2.45) is 5.92 Å². The minimum absolute atomic E-state index is 0.181. The summed E-state index contributed by atoms with van der Waals surface area (Å²) in [7, 11) is 0. The van der Waals surface area contributed by atoms with Gasteiger partial charge in [-0.05, 0) is 42.2 Å². The molecule has 1 aliphatic carbocycles. The molecule has 3 aliphatic heterocycles. The third kappa shape index (κ3) is 3.44. The quantitative estimate of drug-likeness (QED) is 0.627. The van der Waals surface area contributed by atoms with E-state index in [-0.39, 0.29) is 23.3 Å². The summed E-state index contributed by atoms with van der Waals surface area (Å²) in [4.78, 5) is 31.7. The Hall–Kier alpha value is -3.90. The van der Waals surface area contributed by atoms with Crippen LogP contribution in [0.1, 0.15) is 24.8 Å². The molecule has 6 heteroatoms. The Balaban J connectivity index is 1.57. The number of nitrogens with zero attached hydrogens (tertiary/aromatic N) is 3. The van der Waals surface area contributed by atoms with Crippen molar-refractivity contribution in [2.75, 3.05) is 11.4 Å². The highest BCUT2D eigenvalue weighted by atomic mass is 16.2. The second-order valence-corrected chi connectivity index (χ2v) is 7.64. The summed E-state index contributed by atoms with van der Waals surface area (Å²) in [5, 5.41) is 2.93. The number of fused-ring (bicyclic) bond motifs is 1. The number of anilines is 1. The second-order valence-electron chi connectivity index (χ2n) is 7.64. The number of rotatable bonds is 4. The third-order valence-electron chi connectivity index (χ3n) is 5.44. The van der Waals surface area contributed by atoms with Crippen molar-refractivity contribution in [1.82, 2.24) is 9.98 Å². The van der Waals surface area contributed by atoms with Gasteiger partial charge < -0.3 is 5.32 Å². The lowest BCUT2D eigenvalue weighted by molar-refractivity contribution is -0.123. The van der Waals surface area contributed by atoms with E-state index >= 15 is 0 Å². The molecule has 0 bridgehead atoms. The molecule has 4 aliphatic rings. The predicted molar refractivity (Wildman–Crippen MR) is 117 cm³/mol. The molecule has 1 aromatic rings. The fourth-order valence-electron chi connectivity index (χ4n) is 3.69. The molecule has 6 nitrogen and oxygen atoms in total. The second kappa shape index (κ2) is 7.50. The fraction of sp³-hybridized carbons (Fsp3) is 0.250. The van der Waals surface area contributed by atoms with Crippen LogP contribution in [0.4, 0.5) is 5.69 Å². The molecule has 1 N–H and O–H groups in total. The van der Waals surface area contributed by atoms with E-state index < -0.39 is 5.92 Å². The molecule has 3 heterocycles. The number of ketones is 1. The van der Waals surface area contributed by atoms with Crippen LogP contribution < -0.4 is 14.9 Å². The highest BCUT2D eigenvalue weighted by Crippen LogP contribution is 2.30. The largest absolute Gasteiger partial charge is 0.377 e. The minimum atomic E-state index is -0.475. The van der Waals surface area contributed by atoms with Gasteiger partial charge in [0.15, 0.2) is 11.7 Å². The third-order valence-corrected chi connectivity index (χ3v) is 5.44. The van der Waals surface area contributed by atoms with Crippen molar-refractivity contribution in [3.8, 4) is 6.07 Å². The number of amidine groups is 1. The number of carbonyl (C=O) groups excluding carboxylic acids is 2. The molecule has 1 aromatic carbocycles. The maximum absolute atomic E-state index is 13.0. The van der Waals surface area contributed by atoms with Crippen LogP contribution in [0.2, 0.25) is 0 Å². The van der Waals surface area contributed by atoms with Gasteiger partial charge in [0.25, 0.3) is 12.5 Å². The number of allylic oxidation sites excluding steroid dienone is 4. The summed E-state index contributed by atoms with van der Waals surface area (Å²) in [6, 6.07) is 11.0. The Bertz CT molecular complexity index is 1210. The van der Waals surface area contributed by atoms with E-state index in [2.05, 4.69) is 26.8 Å². The number of nitrogens with one attached hydrogen (secondary N) is 1. The van der Waals surface area contributed by atoms with Gasteiger partial charge in [-0.25, -0.2) is 0 Å². The SMILES string of the molecule is O=C(NC1CC1)C1=CN(c2cccc(C3=CC#[N+]CC=C3)c2)C2=[N+]=C=CCC2C1=O. The Morgan fingerprint density at radius 1 is 1.27 bits per heavy atom. The van der Waals surface area contributed by atoms with Crippen molar-refractivity contribution in [3.63, 3.8) is 0 Å². The molecule has 1 fully saturated rings. The van der Waals surface area contributed by atoms with E-state index in [1.807, 2.05) is 47.4 Å². The first-order valence-electron chi connectivity index (χ1n) is 10.1. The number of amides is 1. The summed E-state index contributed by atoms with van der Waals surface area (Å²) in [6.07, 6.45) is 11.6. The molecular weight excluding hydrogens is 376 g/mol. The van der Waals surface area contributed by atoms with E-state index in [4.69, 9.17) is 0 Å². The van der Waals surface area contributed by atoms with Crippen molar-refractivity contribution >= 4 is 34.7 Å². The minimum Gasteiger partial charge on any atom is -0.349 e. The summed E-state index contributed by atoms with van der Waals surface area (Å²) < 4.78 is 4.37. The van der Waals surface area contributed by atoms with Gasteiger partial charge >= 0.3 is 11.9 Å². The van der Waals surface area contributed by atoms with Gasteiger partial charge in [-0.1, -0.05) is 23.1 Å². The molecule has 0 aromatic heterocycles. The number of hydrogen-bond acceptors (Lipinski definition) is 3. The smallest absolute Gasteiger partial charge is 0.349 e. The van der Waals surface area contributed by atoms with Crippen molar-refractivity contribution in [1.29, 1.82) is 0 Å². The first kappa shape index (κ1) is 18.1. The molecule has 146 valence electrons. The van der Waals surface area contributed by atoms with Crippen LogP contribution in [-0.2, 0) is 9.59 Å². The van der Waals surface area contributed by atoms with Crippen LogP contribution in [0.25, 0.3) is 10.4 Å². The maximum atomic E-state index is 13.0. The lowest BCUT2D eigenvalue weighted by Gasteiger charge is -2.24. The van der Waals surface area contributed by atoms with Gasteiger partial charge in [0.1, 0.15) is 23.4 Å². The first-order valence-corrected chi connectivity index (χ1v) is 10.1. The van der Waals surface area contributed by atoms with Crippen LogP contribution in [0.3, 0.4) is 0 Å². The first-order chi connectivity index (χ1) is 14.7. The van der Waals surface area contributed by atoms with E-state index in [0.29, 0.717) is 18.8 Å². The van der Waals surface area contributed by atoms with Crippen LogP contribution in [0.15, 0.2) is 60.3 Å². The van der Waals surface area contributed by atoms with Crippen LogP contribution >= 0.6 is 0 Å². The number of Topliss-reactive ketones (excluding diaryl/α,β-unsaturated/α-hetero) is 1. The van der Waals surface area contributed by atoms with Crippen molar-refractivity contribution in [3.05, 3.63) is 70.8 Å². The maximum Gasteiger partial charge on any atom is 0.377 e. The van der Waals surface area contributed by atoms with Gasteiger partial charge in [-0.15, -0.1) is 0 Å². The lowest BCUT2D eigenvalue weighted by Crippen LogP contribution is -2.47. The summed E-state index contributed by atoms with van der Waals surface area (Å²) in [5.41, 5.74) is 3.01. The molecular formula is C24H20N4O2+2. The predicted octanol–water partition coefficient (Wildman–Crippen LogP) is 2.24. The standard InChI is InChI=1S/C24H19N4O2/c29-22-20-7-3-12-26-23(20)28(15-21(22)24(30)27-18-8-9-18)19-6-1-4-17(14-19)16-5-2-11-25-13-10-16/h1-6,10,14-15,18,20H,7-9,11H2/q+1/p+1. The zero-order valence-corrected chi connectivity index (χ0v) is 16.3. The Kier molecular flexibility index (Phi) is 4.53. The van der Waals surface area contributed by atoms with Crippen molar-refractivity contribution in [2.45, 2.75) is 25.3 Å². The average Bonchev–Trinajstić information content (AvgIpc) is 3.61. The molecule has 1 saturated carbocycles. The summed E-state index contributed by atoms with van der Waals surface area (Å²) in [5.74, 6) is 2.51. The molecule has 1 amide bonds. The van der Waals surface area contributed by atoms with Crippen LogP contribution in [0, 0.1) is 12.0 Å². The highest BCUT2D eigenvalue weighted by Gasteiger charge is 2.46. The zero-order valence-electron chi connectivity index (χ0n) is 16.3. The van der Waals surface area contributed by atoms with E-state index in [9.17, 15) is 9.59 Å². The van der Waals surface area contributed by atoms with Gasteiger partial charge in [-0.3, -0.25) is 9.59 Å². The Morgan fingerprint density at radius 3 is 3.03 bits per heavy atom. The molecule has 0 saturated heterocycles. The molecule has 1 atom stereocenters. The normalized spacial score (nSPS) is 21.6. The van der Waals surface area contributed by atoms with E-state index in [1.54, 1.807) is 12.3 Å².